The minimum Gasteiger partial charge on any atom is -0.478 e. The summed E-state index contributed by atoms with van der Waals surface area (Å²) in [5, 5.41) is 216. The van der Waals surface area contributed by atoms with Crippen LogP contribution in [0.2, 0.25) is 0 Å². The number of carboxylic acids is 15. The molecular weight excluding hydrogens is 1360 g/mol. The third kappa shape index (κ3) is 28.3. The molecule has 0 amide bonds. The molecule has 0 saturated heterocycles. The van der Waals surface area contributed by atoms with Gasteiger partial charge in [-0.2, -0.15) is 0 Å². The summed E-state index contributed by atoms with van der Waals surface area (Å²) in [6.45, 7) is -1.52. The molecule has 534 valence electrons. The monoisotopic (exact) mass is 1410 g/mol. The number of aliphatic hydroxyl groups excluding tert-OH is 10. The molecule has 25 N–H and O–H groups in total. The number of carbonyl (C=O) groups excluding carboxylic acids is 2. The van der Waals surface area contributed by atoms with E-state index < -0.39 is 207 Å². The number of rotatable bonds is 25. The van der Waals surface area contributed by atoms with Gasteiger partial charge in [0.2, 0.25) is 0 Å². The molecular formula is C57H54O42. The van der Waals surface area contributed by atoms with Gasteiger partial charge in [-0.1, -0.05) is 0 Å². The Balaban J connectivity index is 0. The van der Waals surface area contributed by atoms with Crippen molar-refractivity contribution in [1.82, 2.24) is 0 Å². The maximum atomic E-state index is 10.6. The van der Waals surface area contributed by atoms with Gasteiger partial charge < -0.3 is 137 Å². The zero-order valence-corrected chi connectivity index (χ0v) is 49.0. The average Bonchev–Trinajstić information content (AvgIpc) is 0.860. The highest BCUT2D eigenvalue weighted by molar-refractivity contribution is 6.07. The Morgan fingerprint density at radius 2 is 0.374 bits per heavy atom. The van der Waals surface area contributed by atoms with E-state index in [1.54, 1.807) is 0 Å². The second-order valence-corrected chi connectivity index (χ2v) is 18.1. The third-order valence-electron chi connectivity index (χ3n) is 11.5. The summed E-state index contributed by atoms with van der Waals surface area (Å²) < 4.78 is 0. The smallest absolute Gasteiger partial charge is 0.336 e. The van der Waals surface area contributed by atoms with Crippen LogP contribution in [-0.2, 0) is 9.59 Å². The van der Waals surface area contributed by atoms with Gasteiger partial charge in [0.15, 0.2) is 12.6 Å². The molecule has 5 aromatic rings. The van der Waals surface area contributed by atoms with Gasteiger partial charge in [0.1, 0.15) is 48.8 Å². The van der Waals surface area contributed by atoms with Crippen LogP contribution in [0.1, 0.15) is 155 Å². The summed E-state index contributed by atoms with van der Waals surface area (Å²) >= 11 is 0. The first-order chi connectivity index (χ1) is 45.7. The molecule has 42 heteroatoms. The molecule has 5 rings (SSSR count). The van der Waals surface area contributed by atoms with Gasteiger partial charge in [-0.05, 0) is 91.0 Å². The van der Waals surface area contributed by atoms with Gasteiger partial charge in [-0.3, -0.25) is 0 Å². The Hall–Kier alpha value is -12.9. The molecule has 0 bridgehead atoms. The maximum absolute atomic E-state index is 10.6. The van der Waals surface area contributed by atoms with Gasteiger partial charge in [0, 0.05) is 0 Å². The minimum absolute atomic E-state index is 0.0258. The van der Waals surface area contributed by atoms with Gasteiger partial charge in [0.05, 0.1) is 96.7 Å². The minimum atomic E-state index is -1.79. The lowest BCUT2D eigenvalue weighted by atomic mass is 10.0. The van der Waals surface area contributed by atoms with E-state index in [1.165, 1.54) is 0 Å². The molecule has 0 spiro atoms. The molecule has 99 heavy (non-hydrogen) atoms. The molecule has 0 aliphatic heterocycles. The van der Waals surface area contributed by atoms with E-state index in [2.05, 4.69) is 0 Å². The first kappa shape index (κ1) is 88.1. The van der Waals surface area contributed by atoms with Crippen LogP contribution >= 0.6 is 0 Å². The number of hydrogen-bond donors (Lipinski definition) is 25. The normalized spacial score (nSPS) is 12.4. The first-order valence-corrected chi connectivity index (χ1v) is 25.5. The van der Waals surface area contributed by atoms with Crippen LogP contribution in [0.25, 0.3) is 0 Å². The van der Waals surface area contributed by atoms with Gasteiger partial charge >= 0.3 is 89.5 Å². The van der Waals surface area contributed by atoms with Crippen molar-refractivity contribution in [2.24, 2.45) is 0 Å². The van der Waals surface area contributed by atoms with Crippen LogP contribution in [-0.4, -0.2) is 292 Å². The molecule has 0 aromatic heterocycles. The summed E-state index contributed by atoms with van der Waals surface area (Å²) in [7, 11) is 0. The maximum Gasteiger partial charge on any atom is 0.336 e. The number of aliphatic hydroxyl groups is 10. The zero-order chi connectivity index (χ0) is 77.4. The van der Waals surface area contributed by atoms with Crippen molar-refractivity contribution in [3.63, 3.8) is 0 Å². The lowest BCUT2D eigenvalue weighted by Crippen LogP contribution is -2.46. The fourth-order valence-electron chi connectivity index (χ4n) is 6.44. The second kappa shape index (κ2) is 41.7. The van der Waals surface area contributed by atoms with Gasteiger partial charge in [-0.25, -0.2) is 71.9 Å². The molecule has 0 unspecified atom stereocenters. The number of hydrogen-bond acceptors (Lipinski definition) is 27. The Kier molecular flexibility index (Phi) is 37.1. The van der Waals surface area contributed by atoms with E-state index in [9.17, 15) is 81.5 Å². The van der Waals surface area contributed by atoms with Crippen molar-refractivity contribution in [1.29, 1.82) is 0 Å². The standard InChI is InChI=1S/5C9H6O6.2C6H12O6/c5*10-7(11)4-1-2-5(8(12)13)6(3-4)9(14)15;2*7-1-3(9)5(11)6(12)4(10)2-8/h5*1-3H,(H,10,11)(H,12,13)(H,14,15);2*1,3-6,8-12H,2H2/t;;;;;2*3-,4+,5+,6+/m.....00/s1. The number of aromatic carboxylic acids is 15. The van der Waals surface area contributed by atoms with Crippen LogP contribution < -0.4 is 0 Å². The van der Waals surface area contributed by atoms with E-state index >= 15 is 0 Å². The number of benzene rings is 5. The molecule has 0 aliphatic carbocycles. The van der Waals surface area contributed by atoms with Crippen molar-refractivity contribution in [3.05, 3.63) is 174 Å². The van der Waals surface area contributed by atoms with Crippen LogP contribution in [0.4, 0.5) is 0 Å². The van der Waals surface area contributed by atoms with Crippen molar-refractivity contribution in [2.75, 3.05) is 13.2 Å². The number of aldehydes is 2. The predicted molar refractivity (Wildman–Crippen MR) is 311 cm³/mol. The molecule has 42 nitrogen and oxygen atoms in total. The lowest BCUT2D eigenvalue weighted by molar-refractivity contribution is -0.136. The van der Waals surface area contributed by atoms with Gasteiger partial charge in [0.25, 0.3) is 0 Å². The average molecular weight is 1410 g/mol. The summed E-state index contributed by atoms with van der Waals surface area (Å²) in [6, 6.07) is 14.0. The zero-order valence-electron chi connectivity index (χ0n) is 49.0. The fraction of sp³-hybridized carbons (Fsp3) is 0.175. The Morgan fingerprint density at radius 1 is 0.232 bits per heavy atom. The Morgan fingerprint density at radius 3 is 0.475 bits per heavy atom. The quantitative estimate of drug-likeness (QED) is 0.0262. The molecule has 0 saturated carbocycles. The number of carboxylic acid groups (broad SMARTS) is 15. The topological polar surface area (TPSA) is 796 Å². The third-order valence-corrected chi connectivity index (χ3v) is 11.5. The molecule has 0 fully saturated rings. The van der Waals surface area contributed by atoms with E-state index in [1.807, 2.05) is 0 Å². The van der Waals surface area contributed by atoms with Crippen LogP contribution in [0, 0.1) is 0 Å². The SMILES string of the molecule is O=C(O)c1ccc(C(=O)O)c(C(=O)O)c1.O=C(O)c1ccc(C(=O)O)c(C(=O)O)c1.O=C(O)c1ccc(C(=O)O)c(C(=O)O)c1.O=C(O)c1ccc(C(=O)O)c(C(=O)O)c1.O=C(O)c1ccc(C(=O)O)c(C(=O)O)c1.O=C[C@H](O)[C@@H](O)[C@H](O)[C@H](O)CO.O=C[C@H](O)[C@@H](O)[C@H](O)[C@H](O)CO. The highest BCUT2D eigenvalue weighted by atomic mass is 16.4. The van der Waals surface area contributed by atoms with Crippen molar-refractivity contribution in [3.8, 4) is 0 Å². The van der Waals surface area contributed by atoms with Crippen LogP contribution in [0.3, 0.4) is 0 Å². The summed E-state index contributed by atoms with van der Waals surface area (Å²) in [5.41, 5.74) is -6.22. The number of carbonyl (C=O) groups is 17. The largest absolute Gasteiger partial charge is 0.478 e. The van der Waals surface area contributed by atoms with E-state index in [4.69, 9.17) is 128 Å². The Labute approximate surface area is 546 Å². The van der Waals surface area contributed by atoms with Gasteiger partial charge in [-0.15, -0.1) is 0 Å². The molecule has 0 radical (unpaired) electrons. The van der Waals surface area contributed by atoms with E-state index in [-0.39, 0.29) is 40.4 Å². The molecule has 8 atom stereocenters. The fourth-order valence-corrected chi connectivity index (χ4v) is 6.44. The van der Waals surface area contributed by atoms with Crippen molar-refractivity contribution >= 4 is 102 Å². The van der Waals surface area contributed by atoms with Crippen molar-refractivity contribution in [2.45, 2.75) is 48.8 Å². The summed E-state index contributed by atoms with van der Waals surface area (Å²) in [4.78, 5) is 179. The second-order valence-electron chi connectivity index (χ2n) is 18.1. The summed E-state index contributed by atoms with van der Waals surface area (Å²) in [5.74, 6) is -21.0. The lowest BCUT2D eigenvalue weighted by Gasteiger charge is -2.22. The highest BCUT2D eigenvalue weighted by Gasteiger charge is 2.31. The molecule has 0 heterocycles. The molecule has 0 aliphatic rings. The van der Waals surface area contributed by atoms with E-state index in [0.29, 0.717) is 0 Å². The first-order valence-electron chi connectivity index (χ1n) is 25.5. The highest BCUT2D eigenvalue weighted by Crippen LogP contribution is 2.18. The summed E-state index contributed by atoms with van der Waals surface area (Å²) in [6.07, 6.45) is -13.7. The Bertz CT molecular complexity index is 3320. The van der Waals surface area contributed by atoms with Crippen LogP contribution in [0.5, 0.6) is 0 Å². The van der Waals surface area contributed by atoms with Crippen molar-refractivity contribution < 1.29 is 209 Å². The molecule has 5 aromatic carbocycles. The predicted octanol–water partition coefficient (Wildman–Crippen LogP) is -2.85. The van der Waals surface area contributed by atoms with E-state index in [0.717, 1.165) is 91.0 Å². The van der Waals surface area contributed by atoms with Crippen LogP contribution in [0.15, 0.2) is 91.0 Å².